The van der Waals surface area contributed by atoms with Gasteiger partial charge in [0.25, 0.3) is 0 Å². The maximum Gasteiger partial charge on any atom is 0.434 e. The number of hydrogen-bond acceptors (Lipinski definition) is 3. The number of alkyl halides is 3. The highest BCUT2D eigenvalue weighted by Gasteiger charge is 2.36. The summed E-state index contributed by atoms with van der Waals surface area (Å²) in [5.74, 6) is -1.15. The van der Waals surface area contributed by atoms with E-state index in [9.17, 15) is 18.0 Å². The molecule has 0 saturated heterocycles. The fourth-order valence-electron chi connectivity index (χ4n) is 0.678. The van der Waals surface area contributed by atoms with Gasteiger partial charge in [0.2, 0.25) is 0 Å². The predicted octanol–water partition coefficient (Wildman–Crippen LogP) is 0.823. The van der Waals surface area contributed by atoms with Crippen molar-refractivity contribution in [3.8, 4) is 0 Å². The SMILES string of the molecule is Nc1nc(C=O)[nH]c1C(F)(F)F. The van der Waals surface area contributed by atoms with E-state index >= 15 is 0 Å². The third-order valence-electron chi connectivity index (χ3n) is 1.15. The van der Waals surface area contributed by atoms with Gasteiger partial charge in [-0.05, 0) is 0 Å². The second kappa shape index (κ2) is 2.50. The van der Waals surface area contributed by atoms with E-state index in [4.69, 9.17) is 5.73 Å². The molecule has 3 N–H and O–H groups in total. The van der Waals surface area contributed by atoms with E-state index in [1.165, 1.54) is 0 Å². The Balaban J connectivity index is 3.16. The number of halogens is 3. The third-order valence-corrected chi connectivity index (χ3v) is 1.15. The molecule has 0 radical (unpaired) electrons. The monoisotopic (exact) mass is 179 g/mol. The standard InChI is InChI=1S/C5H4F3N3O/c6-5(7,8)3-4(9)11-2(1-12)10-3/h1H,9H2,(H,10,11). The first-order valence-electron chi connectivity index (χ1n) is 2.83. The quantitative estimate of drug-likeness (QED) is 0.627. The number of nitrogens with two attached hydrogens (primary N) is 1. The van der Waals surface area contributed by atoms with E-state index in [1.54, 1.807) is 4.98 Å². The van der Waals surface area contributed by atoms with Crippen LogP contribution in [0.5, 0.6) is 0 Å². The zero-order chi connectivity index (χ0) is 9.35. The van der Waals surface area contributed by atoms with Crippen LogP contribution in [0, 0.1) is 0 Å². The second-order valence-corrected chi connectivity index (χ2v) is 2.00. The van der Waals surface area contributed by atoms with Crippen molar-refractivity contribution in [1.82, 2.24) is 9.97 Å². The average Bonchev–Trinajstić information content (AvgIpc) is 2.29. The lowest BCUT2D eigenvalue weighted by Crippen LogP contribution is -2.08. The van der Waals surface area contributed by atoms with Gasteiger partial charge in [0, 0.05) is 0 Å². The van der Waals surface area contributed by atoms with Crippen LogP contribution in [0.1, 0.15) is 16.3 Å². The molecule has 66 valence electrons. The summed E-state index contributed by atoms with van der Waals surface area (Å²) in [6.45, 7) is 0. The molecule has 0 aliphatic carbocycles. The number of nitrogens with one attached hydrogen (secondary N) is 1. The molecule has 0 amide bonds. The predicted molar refractivity (Wildman–Crippen MR) is 33.4 cm³/mol. The smallest absolute Gasteiger partial charge is 0.382 e. The summed E-state index contributed by atoms with van der Waals surface area (Å²) in [4.78, 5) is 14.9. The summed E-state index contributed by atoms with van der Waals surface area (Å²) >= 11 is 0. The number of aldehydes is 1. The van der Waals surface area contributed by atoms with E-state index in [0.717, 1.165) is 0 Å². The number of anilines is 1. The Labute approximate surface area is 64.6 Å². The molecule has 0 spiro atoms. The van der Waals surface area contributed by atoms with Crippen molar-refractivity contribution < 1.29 is 18.0 Å². The first-order chi connectivity index (χ1) is 5.45. The minimum atomic E-state index is -4.60. The molecule has 0 aliphatic heterocycles. The minimum absolute atomic E-state index is 0.158. The van der Waals surface area contributed by atoms with E-state index in [-0.39, 0.29) is 6.29 Å². The van der Waals surface area contributed by atoms with Gasteiger partial charge < -0.3 is 10.7 Å². The summed E-state index contributed by atoms with van der Waals surface area (Å²) in [5.41, 5.74) is 3.69. The lowest BCUT2D eigenvalue weighted by atomic mass is 10.4. The first-order valence-corrected chi connectivity index (χ1v) is 2.83. The van der Waals surface area contributed by atoms with Crippen molar-refractivity contribution in [2.24, 2.45) is 0 Å². The van der Waals surface area contributed by atoms with Gasteiger partial charge in [-0.25, -0.2) is 4.98 Å². The van der Waals surface area contributed by atoms with Crippen molar-refractivity contribution in [2.75, 3.05) is 5.73 Å². The van der Waals surface area contributed by atoms with Crippen molar-refractivity contribution in [1.29, 1.82) is 0 Å². The van der Waals surface area contributed by atoms with Gasteiger partial charge >= 0.3 is 6.18 Å². The van der Waals surface area contributed by atoms with Gasteiger partial charge in [-0.1, -0.05) is 0 Å². The summed E-state index contributed by atoms with van der Waals surface area (Å²) in [6.07, 6.45) is -4.44. The Morgan fingerprint density at radius 2 is 2.08 bits per heavy atom. The molecule has 12 heavy (non-hydrogen) atoms. The zero-order valence-electron chi connectivity index (χ0n) is 5.64. The van der Waals surface area contributed by atoms with E-state index in [0.29, 0.717) is 0 Å². The van der Waals surface area contributed by atoms with Crippen molar-refractivity contribution >= 4 is 12.1 Å². The van der Waals surface area contributed by atoms with Gasteiger partial charge in [0.05, 0.1) is 0 Å². The summed E-state index contributed by atoms with van der Waals surface area (Å²) in [7, 11) is 0. The molecule has 0 fully saturated rings. The fraction of sp³-hybridized carbons (Fsp3) is 0.200. The van der Waals surface area contributed by atoms with E-state index < -0.39 is 23.5 Å². The zero-order valence-corrected chi connectivity index (χ0v) is 5.64. The third kappa shape index (κ3) is 1.39. The average molecular weight is 179 g/mol. The molecule has 1 heterocycles. The van der Waals surface area contributed by atoms with Gasteiger partial charge in [-0.3, -0.25) is 4.79 Å². The van der Waals surface area contributed by atoms with Crippen LogP contribution in [-0.2, 0) is 6.18 Å². The van der Waals surface area contributed by atoms with E-state index in [1.807, 2.05) is 0 Å². The summed E-state index contributed by atoms with van der Waals surface area (Å²) < 4.78 is 35.8. The number of nitrogens with zero attached hydrogens (tertiary/aromatic N) is 1. The number of nitrogen functional groups attached to an aromatic ring is 1. The molecule has 0 atom stereocenters. The molecule has 0 aromatic carbocycles. The lowest BCUT2D eigenvalue weighted by Gasteiger charge is -2.02. The second-order valence-electron chi connectivity index (χ2n) is 2.00. The molecule has 0 unspecified atom stereocenters. The van der Waals surface area contributed by atoms with Crippen LogP contribution >= 0.6 is 0 Å². The molecular formula is C5H4F3N3O. The van der Waals surface area contributed by atoms with Crippen LogP contribution in [-0.4, -0.2) is 16.3 Å². The van der Waals surface area contributed by atoms with Crippen LogP contribution < -0.4 is 5.73 Å². The number of aromatic nitrogens is 2. The fourth-order valence-corrected chi connectivity index (χ4v) is 0.678. The first kappa shape index (κ1) is 8.57. The molecule has 1 aromatic heterocycles. The number of carbonyl (C=O) groups is 1. The number of H-pyrrole nitrogens is 1. The van der Waals surface area contributed by atoms with Crippen LogP contribution in [0.2, 0.25) is 0 Å². The molecule has 0 saturated carbocycles. The Bertz CT molecular complexity index is 303. The number of carbonyl (C=O) groups excluding carboxylic acids is 1. The highest BCUT2D eigenvalue weighted by atomic mass is 19.4. The molecule has 0 bridgehead atoms. The number of hydrogen-bond donors (Lipinski definition) is 2. The van der Waals surface area contributed by atoms with Crippen LogP contribution in [0.15, 0.2) is 0 Å². The molecule has 1 rings (SSSR count). The van der Waals surface area contributed by atoms with Gasteiger partial charge in [-0.2, -0.15) is 13.2 Å². The highest BCUT2D eigenvalue weighted by Crippen LogP contribution is 2.31. The molecule has 0 aliphatic rings. The number of imidazole rings is 1. The molecule has 7 heteroatoms. The van der Waals surface area contributed by atoms with Gasteiger partial charge in [0.15, 0.2) is 23.6 Å². The number of aromatic amines is 1. The van der Waals surface area contributed by atoms with Crippen LogP contribution in [0.25, 0.3) is 0 Å². The van der Waals surface area contributed by atoms with Crippen molar-refractivity contribution in [3.63, 3.8) is 0 Å². The van der Waals surface area contributed by atoms with Crippen LogP contribution in [0.3, 0.4) is 0 Å². The Hall–Kier alpha value is -1.53. The lowest BCUT2D eigenvalue weighted by molar-refractivity contribution is -0.140. The van der Waals surface area contributed by atoms with Crippen molar-refractivity contribution in [3.05, 3.63) is 11.5 Å². The maximum atomic E-state index is 11.9. The highest BCUT2D eigenvalue weighted by molar-refractivity contribution is 5.70. The summed E-state index contributed by atoms with van der Waals surface area (Å²) in [5, 5.41) is 0. The molecule has 4 nitrogen and oxygen atoms in total. The summed E-state index contributed by atoms with van der Waals surface area (Å²) in [6, 6.07) is 0. The van der Waals surface area contributed by atoms with Crippen molar-refractivity contribution in [2.45, 2.75) is 6.18 Å². The molecular weight excluding hydrogens is 175 g/mol. The topological polar surface area (TPSA) is 71.8 Å². The largest absolute Gasteiger partial charge is 0.434 e. The normalized spacial score (nSPS) is 11.6. The van der Waals surface area contributed by atoms with Gasteiger partial charge in [-0.15, -0.1) is 0 Å². The Morgan fingerprint density at radius 1 is 1.50 bits per heavy atom. The van der Waals surface area contributed by atoms with Crippen LogP contribution in [0.4, 0.5) is 19.0 Å². The maximum absolute atomic E-state index is 11.9. The van der Waals surface area contributed by atoms with E-state index in [2.05, 4.69) is 4.98 Å². The van der Waals surface area contributed by atoms with Gasteiger partial charge in [0.1, 0.15) is 0 Å². The molecule has 1 aromatic rings. The number of rotatable bonds is 1. The Kier molecular flexibility index (Phi) is 1.79. The Morgan fingerprint density at radius 3 is 2.33 bits per heavy atom. The minimum Gasteiger partial charge on any atom is -0.382 e.